The third-order valence-corrected chi connectivity index (χ3v) is 5.12. The average molecular weight is 436 g/mol. The second kappa shape index (κ2) is 11.0. The third-order valence-electron chi connectivity index (χ3n) is 3.79. The van der Waals surface area contributed by atoms with E-state index in [0.717, 1.165) is 11.3 Å². The van der Waals surface area contributed by atoms with Crippen molar-refractivity contribution in [1.29, 1.82) is 0 Å². The molecule has 0 saturated carbocycles. The highest BCUT2D eigenvalue weighted by Gasteiger charge is 2.21. The van der Waals surface area contributed by atoms with Crippen LogP contribution in [0.25, 0.3) is 0 Å². The first-order chi connectivity index (χ1) is 12.6. The number of carbonyl (C=O) groups excluding carboxylic acids is 2. The highest BCUT2D eigenvalue weighted by atomic mass is 79.9. The van der Waals surface area contributed by atoms with Crippen molar-refractivity contribution in [3.05, 3.63) is 64.4 Å². The van der Waals surface area contributed by atoms with Crippen molar-refractivity contribution in [2.45, 2.75) is 18.9 Å². The first-order valence-corrected chi connectivity index (χ1v) is 10.5. The summed E-state index contributed by atoms with van der Waals surface area (Å²) in [5, 5.41) is 5.76. The zero-order valence-electron chi connectivity index (χ0n) is 14.6. The maximum Gasteiger partial charge on any atom is 0.253 e. The van der Waals surface area contributed by atoms with Crippen molar-refractivity contribution in [2.24, 2.45) is 0 Å². The van der Waals surface area contributed by atoms with E-state index in [0.29, 0.717) is 29.4 Å². The van der Waals surface area contributed by atoms with E-state index in [1.54, 1.807) is 42.4 Å². The van der Waals surface area contributed by atoms with Gasteiger partial charge in [0.2, 0.25) is 5.91 Å². The highest BCUT2D eigenvalue weighted by molar-refractivity contribution is 9.10. The fourth-order valence-corrected chi connectivity index (χ4v) is 3.32. The largest absolute Gasteiger partial charge is 0.354 e. The molecule has 0 saturated heterocycles. The predicted molar refractivity (Wildman–Crippen MR) is 109 cm³/mol. The molecule has 7 heteroatoms. The Kier molecular flexibility index (Phi) is 8.64. The van der Waals surface area contributed by atoms with Gasteiger partial charge in [-0.3, -0.25) is 14.6 Å². The predicted octanol–water partition coefficient (Wildman–Crippen LogP) is 3.05. The maximum atomic E-state index is 12.5. The zero-order valence-corrected chi connectivity index (χ0v) is 17.0. The first-order valence-electron chi connectivity index (χ1n) is 8.32. The Bertz CT molecular complexity index is 728. The summed E-state index contributed by atoms with van der Waals surface area (Å²) in [5.74, 6) is 0.367. The van der Waals surface area contributed by atoms with Crippen LogP contribution in [0.15, 0.2) is 53.3 Å². The van der Waals surface area contributed by atoms with Gasteiger partial charge in [-0.15, -0.1) is 0 Å². The molecule has 0 spiro atoms. The quantitative estimate of drug-likeness (QED) is 0.634. The van der Waals surface area contributed by atoms with Crippen LogP contribution in [-0.2, 0) is 11.2 Å². The van der Waals surface area contributed by atoms with Crippen LogP contribution in [-0.4, -0.2) is 41.4 Å². The Morgan fingerprint density at radius 3 is 2.73 bits per heavy atom. The lowest BCUT2D eigenvalue weighted by atomic mass is 10.1. The van der Waals surface area contributed by atoms with Crippen LogP contribution in [0, 0.1) is 0 Å². The minimum absolute atomic E-state index is 0.164. The number of thioether (sulfide) groups is 1. The van der Waals surface area contributed by atoms with Crippen LogP contribution in [0.1, 0.15) is 22.3 Å². The van der Waals surface area contributed by atoms with Crippen molar-refractivity contribution >= 4 is 39.5 Å². The number of amides is 2. The normalized spacial score (nSPS) is 11.6. The van der Waals surface area contributed by atoms with Gasteiger partial charge in [0.25, 0.3) is 5.91 Å². The van der Waals surface area contributed by atoms with E-state index in [1.807, 2.05) is 24.5 Å². The molecular formula is C19H22BrN3O2S. The summed E-state index contributed by atoms with van der Waals surface area (Å²) in [5.41, 5.74) is 1.58. The van der Waals surface area contributed by atoms with Crippen molar-refractivity contribution < 1.29 is 9.59 Å². The van der Waals surface area contributed by atoms with E-state index < -0.39 is 6.04 Å². The van der Waals surface area contributed by atoms with Crippen LogP contribution in [0.2, 0.25) is 0 Å². The van der Waals surface area contributed by atoms with Crippen LogP contribution >= 0.6 is 27.7 Å². The number of carbonyl (C=O) groups is 2. The Morgan fingerprint density at radius 1 is 1.23 bits per heavy atom. The Morgan fingerprint density at radius 2 is 2.04 bits per heavy atom. The molecule has 0 aliphatic carbocycles. The van der Waals surface area contributed by atoms with Crippen LogP contribution < -0.4 is 10.6 Å². The number of rotatable bonds is 9. The number of benzene rings is 1. The van der Waals surface area contributed by atoms with E-state index in [1.165, 1.54) is 0 Å². The second-order valence-electron chi connectivity index (χ2n) is 5.69. The van der Waals surface area contributed by atoms with E-state index in [4.69, 9.17) is 0 Å². The summed E-state index contributed by atoms with van der Waals surface area (Å²) in [6, 6.07) is 10.5. The van der Waals surface area contributed by atoms with Gasteiger partial charge in [-0.25, -0.2) is 0 Å². The molecule has 2 amide bonds. The number of nitrogens with zero attached hydrogens (tertiary/aromatic N) is 1. The molecule has 2 N–H and O–H groups in total. The van der Waals surface area contributed by atoms with Gasteiger partial charge < -0.3 is 10.6 Å². The summed E-state index contributed by atoms with van der Waals surface area (Å²) in [6.45, 7) is 0.505. The molecule has 1 atom stereocenters. The molecule has 2 rings (SSSR count). The standard InChI is InChI=1S/C19H22BrN3O2S/c1-26-12-9-17(23-18(24)15-6-2-3-7-16(15)20)19(25)22-11-8-14-5-4-10-21-13-14/h2-7,10,13,17H,8-9,11-12H2,1H3,(H,22,25)(H,23,24). The number of halogens is 1. The van der Waals surface area contributed by atoms with Gasteiger partial charge in [-0.1, -0.05) is 18.2 Å². The van der Waals surface area contributed by atoms with Gasteiger partial charge >= 0.3 is 0 Å². The highest BCUT2D eigenvalue weighted by Crippen LogP contribution is 2.16. The molecule has 2 aromatic rings. The zero-order chi connectivity index (χ0) is 18.8. The SMILES string of the molecule is CSCCC(NC(=O)c1ccccc1Br)C(=O)NCCc1cccnc1. The van der Waals surface area contributed by atoms with Crippen molar-refractivity contribution in [1.82, 2.24) is 15.6 Å². The fraction of sp³-hybridized carbons (Fsp3) is 0.316. The topological polar surface area (TPSA) is 71.1 Å². The summed E-state index contributed by atoms with van der Waals surface area (Å²) in [4.78, 5) is 29.1. The summed E-state index contributed by atoms with van der Waals surface area (Å²) < 4.78 is 0.707. The molecule has 0 aliphatic rings. The molecule has 5 nitrogen and oxygen atoms in total. The molecule has 138 valence electrons. The molecule has 1 heterocycles. The van der Waals surface area contributed by atoms with Crippen molar-refractivity contribution in [3.8, 4) is 0 Å². The molecule has 26 heavy (non-hydrogen) atoms. The number of nitrogens with one attached hydrogen (secondary N) is 2. The first kappa shape index (κ1) is 20.5. The van der Waals surface area contributed by atoms with Crippen LogP contribution in [0.3, 0.4) is 0 Å². The maximum absolute atomic E-state index is 12.5. The molecule has 0 aliphatic heterocycles. The number of aromatic nitrogens is 1. The molecular weight excluding hydrogens is 414 g/mol. The Hall–Kier alpha value is -1.86. The fourth-order valence-electron chi connectivity index (χ4n) is 2.39. The minimum Gasteiger partial charge on any atom is -0.354 e. The third kappa shape index (κ3) is 6.46. The average Bonchev–Trinajstić information content (AvgIpc) is 2.66. The van der Waals surface area contributed by atoms with E-state index in [-0.39, 0.29) is 11.8 Å². The van der Waals surface area contributed by atoms with E-state index in [9.17, 15) is 9.59 Å². The molecule has 1 aromatic heterocycles. The monoisotopic (exact) mass is 435 g/mol. The smallest absolute Gasteiger partial charge is 0.253 e. The number of pyridine rings is 1. The van der Waals surface area contributed by atoms with Crippen LogP contribution in [0.4, 0.5) is 0 Å². The van der Waals surface area contributed by atoms with Crippen molar-refractivity contribution in [2.75, 3.05) is 18.6 Å². The molecule has 0 bridgehead atoms. The second-order valence-corrected chi connectivity index (χ2v) is 7.53. The lowest BCUT2D eigenvalue weighted by Crippen LogP contribution is -2.47. The number of hydrogen-bond acceptors (Lipinski definition) is 4. The molecule has 1 unspecified atom stereocenters. The molecule has 1 aromatic carbocycles. The van der Waals surface area contributed by atoms with Gasteiger partial charge in [0, 0.05) is 23.4 Å². The Balaban J connectivity index is 1.93. The lowest BCUT2D eigenvalue weighted by Gasteiger charge is -2.18. The number of hydrogen-bond donors (Lipinski definition) is 2. The van der Waals surface area contributed by atoms with Gasteiger partial charge in [0.15, 0.2) is 0 Å². The van der Waals surface area contributed by atoms with E-state index in [2.05, 4.69) is 31.5 Å². The summed E-state index contributed by atoms with van der Waals surface area (Å²) >= 11 is 5.02. The molecule has 0 fully saturated rings. The lowest BCUT2D eigenvalue weighted by molar-refractivity contribution is -0.122. The van der Waals surface area contributed by atoms with Gasteiger partial charge in [-0.05, 0) is 64.5 Å². The summed E-state index contributed by atoms with van der Waals surface area (Å²) in [7, 11) is 0. The Labute approximate surface area is 166 Å². The van der Waals surface area contributed by atoms with Gasteiger partial charge in [0.05, 0.1) is 5.56 Å². The van der Waals surface area contributed by atoms with E-state index >= 15 is 0 Å². The minimum atomic E-state index is -0.559. The van der Waals surface area contributed by atoms with Gasteiger partial charge in [0.1, 0.15) is 6.04 Å². The van der Waals surface area contributed by atoms with Crippen LogP contribution in [0.5, 0.6) is 0 Å². The van der Waals surface area contributed by atoms with Gasteiger partial charge in [-0.2, -0.15) is 11.8 Å². The molecule has 0 radical (unpaired) electrons. The summed E-state index contributed by atoms with van der Waals surface area (Å²) in [6.07, 6.45) is 6.76. The van der Waals surface area contributed by atoms with Crippen molar-refractivity contribution in [3.63, 3.8) is 0 Å².